The molecular weight excluding hydrogens is 1390 g/mol. The van der Waals surface area contributed by atoms with Gasteiger partial charge in [-0.15, -0.1) is 0 Å². The maximum atomic E-state index is 12.8. The van der Waals surface area contributed by atoms with Crippen LogP contribution in [0.1, 0.15) is 34.1 Å². The standard InChI is InChI=1S/C61H109N13O30/c1-5-61(4,44-74(39-58(101)102)40-59(103)104)43-67(20-24-71(34-53(91)92)35-54(93)94)19-17-65(26-45(75)76)15-10-63(11-16-66(27-46(77)78)18-23-70(32-51(87)88)33-52(89)90)8-6-62(14-25-72(36-55(95)96)41-60(2,3)42-73(37-56(97)98)38-57(99)100)7-9-64(12-21-68(28-47(79)80)29-48(81)82)13-22-69(30-49(83)84)31-50(85)86/h53,91-92H,5-44H2,1-4H3,(H,75,76)(H,77,78)(H,79,80)(H,81,82)(H,83,84)(H,85,86)(H,87,88)(H,89,90)(H,93,94)(H,95,96)(H,97,98)(H,99,100)(H,101,102)(H,103,104). The maximum Gasteiger partial charge on any atom is 0.317 e. The van der Waals surface area contributed by atoms with E-state index >= 15 is 0 Å². The van der Waals surface area contributed by atoms with Crippen molar-refractivity contribution in [3.63, 3.8) is 0 Å². The summed E-state index contributed by atoms with van der Waals surface area (Å²) in [5, 5.41) is 156. The van der Waals surface area contributed by atoms with Gasteiger partial charge >= 0.3 is 83.6 Å². The fraction of sp³-hybridized carbons (Fsp3) is 0.770. The van der Waals surface area contributed by atoms with Crippen molar-refractivity contribution in [3.8, 4) is 0 Å². The molecule has 0 aromatic carbocycles. The third-order valence-corrected chi connectivity index (χ3v) is 16.1. The van der Waals surface area contributed by atoms with Gasteiger partial charge in [0.05, 0.1) is 91.6 Å². The minimum atomic E-state index is -1.97. The van der Waals surface area contributed by atoms with Gasteiger partial charge in [-0.3, -0.25) is 126 Å². The molecule has 0 bridgehead atoms. The highest BCUT2D eigenvalue weighted by molar-refractivity contribution is 5.75. The molecule has 598 valence electrons. The topological polar surface area (TPSA) is 605 Å². The Morgan fingerprint density at radius 2 is 0.385 bits per heavy atom. The molecule has 43 nitrogen and oxygen atoms in total. The first-order valence-corrected chi connectivity index (χ1v) is 33.2. The number of carboxylic acids is 14. The first-order valence-electron chi connectivity index (χ1n) is 33.2. The van der Waals surface area contributed by atoms with Crippen LogP contribution in [0.2, 0.25) is 0 Å². The lowest BCUT2D eigenvalue weighted by atomic mass is 9.86. The van der Waals surface area contributed by atoms with Gasteiger partial charge < -0.3 is 86.6 Å². The second kappa shape index (κ2) is 51.2. The largest absolute Gasteiger partial charge is 0.480 e. The van der Waals surface area contributed by atoms with Crippen LogP contribution in [0.5, 0.6) is 0 Å². The van der Waals surface area contributed by atoms with Crippen molar-refractivity contribution < 1.29 is 149 Å². The van der Waals surface area contributed by atoms with E-state index in [9.17, 15) is 149 Å². The summed E-state index contributed by atoms with van der Waals surface area (Å²) < 4.78 is 0. The van der Waals surface area contributed by atoms with Crippen molar-refractivity contribution in [2.75, 3.05) is 255 Å². The molecular formula is C61H109N13O30. The fourth-order valence-corrected chi connectivity index (χ4v) is 11.6. The highest BCUT2D eigenvalue weighted by atomic mass is 16.5. The number of rotatable bonds is 69. The summed E-state index contributed by atoms with van der Waals surface area (Å²) in [7, 11) is 0. The predicted octanol–water partition coefficient (Wildman–Crippen LogP) is -7.15. The lowest BCUT2D eigenvalue weighted by Gasteiger charge is -2.39. The molecule has 0 spiro atoms. The highest BCUT2D eigenvalue weighted by Gasteiger charge is 2.33. The number of nitrogens with zero attached hydrogens (tertiary/aromatic N) is 13. The van der Waals surface area contributed by atoms with Crippen LogP contribution in [-0.2, 0) is 67.1 Å². The quantitative estimate of drug-likeness (QED) is 0.0252. The molecule has 43 heteroatoms. The highest BCUT2D eigenvalue weighted by Crippen LogP contribution is 2.25. The lowest BCUT2D eigenvalue weighted by molar-refractivity contribution is -0.144. The number of carboxylic acid groups (broad SMARTS) is 14. The van der Waals surface area contributed by atoms with E-state index in [0.29, 0.717) is 6.42 Å². The minimum Gasteiger partial charge on any atom is -0.480 e. The lowest BCUT2D eigenvalue weighted by Crippen LogP contribution is -2.51. The van der Waals surface area contributed by atoms with Crippen molar-refractivity contribution >= 4 is 83.6 Å². The van der Waals surface area contributed by atoms with Gasteiger partial charge in [-0.2, -0.15) is 0 Å². The van der Waals surface area contributed by atoms with Crippen LogP contribution in [0.15, 0.2) is 0 Å². The Labute approximate surface area is 600 Å². The van der Waals surface area contributed by atoms with Gasteiger partial charge in [-0.05, 0) is 17.3 Å². The molecule has 0 fully saturated rings. The summed E-state index contributed by atoms with van der Waals surface area (Å²) in [5.74, 6) is -18.9. The molecule has 0 aliphatic heterocycles. The van der Waals surface area contributed by atoms with E-state index in [1.54, 1.807) is 42.4 Å². The molecule has 0 rings (SSSR count). The summed E-state index contributed by atoms with van der Waals surface area (Å²) in [6.45, 7) is -5.18. The molecule has 0 saturated heterocycles. The Hall–Kier alpha value is -8.02. The summed E-state index contributed by atoms with van der Waals surface area (Å²) >= 11 is 0. The number of hydrogen-bond acceptors (Lipinski definition) is 29. The second-order valence-corrected chi connectivity index (χ2v) is 26.5. The first kappa shape index (κ1) is 96.0. The van der Waals surface area contributed by atoms with E-state index in [1.807, 2.05) is 4.90 Å². The van der Waals surface area contributed by atoms with Gasteiger partial charge in [0.15, 0.2) is 6.29 Å². The van der Waals surface area contributed by atoms with Crippen molar-refractivity contribution in [3.05, 3.63) is 0 Å². The summed E-state index contributed by atoms with van der Waals surface area (Å²) in [6, 6.07) is 0. The van der Waals surface area contributed by atoms with Gasteiger partial charge in [0.25, 0.3) is 0 Å². The van der Waals surface area contributed by atoms with E-state index < -0.39 is 199 Å². The van der Waals surface area contributed by atoms with Crippen molar-refractivity contribution in [1.82, 2.24) is 63.7 Å². The SMILES string of the molecule is CCC(C)(CN(CCN(CCN(CCN(CCN(CCN(CC(=O)O)CC(=O)O)CCN(CC(=O)O)CC(=O)O)CCN(CC(=O)O)CC(C)(C)CN(CC(=O)O)CC(=O)O)CCN(CCN(CC(=O)O)CC(=O)O)CC(=O)O)CC(=O)O)CCN(CC(=O)O)CC(O)O)CN(CC(=O)O)CC(=O)O. The second-order valence-electron chi connectivity index (χ2n) is 26.5. The molecule has 16 N–H and O–H groups in total. The van der Waals surface area contributed by atoms with Gasteiger partial charge in [0.2, 0.25) is 0 Å². The van der Waals surface area contributed by atoms with Crippen LogP contribution in [0.25, 0.3) is 0 Å². The van der Waals surface area contributed by atoms with E-state index in [-0.39, 0.29) is 157 Å². The van der Waals surface area contributed by atoms with E-state index in [2.05, 4.69) is 0 Å². The maximum absolute atomic E-state index is 12.8. The van der Waals surface area contributed by atoms with Crippen molar-refractivity contribution in [1.29, 1.82) is 0 Å². The zero-order chi connectivity index (χ0) is 79.5. The van der Waals surface area contributed by atoms with Crippen LogP contribution < -0.4 is 0 Å². The van der Waals surface area contributed by atoms with Crippen LogP contribution in [0, 0.1) is 10.8 Å². The summed E-state index contributed by atoms with van der Waals surface area (Å²) in [5.41, 5.74) is -1.90. The van der Waals surface area contributed by atoms with Gasteiger partial charge in [-0.1, -0.05) is 27.7 Å². The molecule has 0 aromatic rings. The molecule has 0 aliphatic carbocycles. The number of aliphatic hydroxyl groups excluding tert-OH is 1. The molecule has 1 unspecified atom stereocenters. The zero-order valence-corrected chi connectivity index (χ0v) is 59.5. The third-order valence-electron chi connectivity index (χ3n) is 16.1. The Morgan fingerprint density at radius 1 is 0.221 bits per heavy atom. The number of aliphatic carboxylic acids is 14. The summed E-state index contributed by atoms with van der Waals surface area (Å²) in [6.07, 6.45) is -1.65. The Kier molecular flexibility index (Phi) is 47.3. The molecule has 0 aliphatic rings. The zero-order valence-electron chi connectivity index (χ0n) is 59.5. The minimum absolute atomic E-state index is 0.000152. The smallest absolute Gasteiger partial charge is 0.317 e. The first-order chi connectivity index (χ1) is 48.3. The number of aliphatic hydroxyl groups is 2. The number of carbonyl (C=O) groups is 14. The Balaban J connectivity index is 8.33. The predicted molar refractivity (Wildman–Crippen MR) is 361 cm³/mol. The summed E-state index contributed by atoms with van der Waals surface area (Å²) in [4.78, 5) is 186. The molecule has 0 aromatic heterocycles. The molecule has 0 amide bonds. The molecule has 1 atom stereocenters. The Bertz CT molecular complexity index is 2620. The van der Waals surface area contributed by atoms with Crippen LogP contribution in [0.3, 0.4) is 0 Å². The van der Waals surface area contributed by atoms with Gasteiger partial charge in [0.1, 0.15) is 0 Å². The third kappa shape index (κ3) is 52.0. The van der Waals surface area contributed by atoms with E-state index in [0.717, 1.165) is 19.6 Å². The molecule has 104 heavy (non-hydrogen) atoms. The van der Waals surface area contributed by atoms with Crippen LogP contribution in [0.4, 0.5) is 0 Å². The van der Waals surface area contributed by atoms with Crippen molar-refractivity contribution in [2.45, 2.75) is 40.4 Å². The van der Waals surface area contributed by atoms with Crippen molar-refractivity contribution in [2.24, 2.45) is 10.8 Å². The fourth-order valence-electron chi connectivity index (χ4n) is 11.6. The average Bonchev–Trinajstić information content (AvgIpc) is 0.852. The molecule has 0 saturated carbocycles. The Morgan fingerprint density at radius 3 is 0.635 bits per heavy atom. The normalized spacial score (nSPS) is 12.8. The molecule has 0 heterocycles. The van der Waals surface area contributed by atoms with Gasteiger partial charge in [0, 0.05) is 164 Å². The number of hydrogen-bond donors (Lipinski definition) is 16. The van der Waals surface area contributed by atoms with E-state index in [1.165, 1.54) is 24.5 Å². The monoisotopic (exact) mass is 1500 g/mol. The van der Waals surface area contributed by atoms with Crippen LogP contribution >= 0.6 is 0 Å². The van der Waals surface area contributed by atoms with E-state index in [4.69, 9.17) is 0 Å². The van der Waals surface area contributed by atoms with Gasteiger partial charge in [-0.25, -0.2) is 0 Å². The van der Waals surface area contributed by atoms with Crippen LogP contribution in [-0.4, -0.2) is 491 Å². The average molecular weight is 1500 g/mol. The molecule has 0 radical (unpaired) electrons.